The lowest BCUT2D eigenvalue weighted by Crippen LogP contribution is -2.18. The maximum atomic E-state index is 12.4. The fourth-order valence-electron chi connectivity index (χ4n) is 2.99. The number of nitrogens with zero attached hydrogens (tertiary/aromatic N) is 1. The number of carbonyl (C=O) groups is 2. The molecule has 0 saturated heterocycles. The maximum Gasteiger partial charge on any atom is 0.244 e. The zero-order valence-electron chi connectivity index (χ0n) is 13.6. The number of benzene rings is 2. The summed E-state index contributed by atoms with van der Waals surface area (Å²) in [6.45, 7) is 1.83. The van der Waals surface area contributed by atoms with Gasteiger partial charge in [-0.2, -0.15) is 0 Å². The van der Waals surface area contributed by atoms with Crippen LogP contribution in [0.1, 0.15) is 17.3 Å². The molecule has 0 aliphatic carbocycles. The Bertz CT molecular complexity index is 990. The van der Waals surface area contributed by atoms with E-state index in [1.54, 1.807) is 29.0 Å². The largest absolute Gasteiger partial charge is 0.454 e. The van der Waals surface area contributed by atoms with E-state index in [0.29, 0.717) is 22.7 Å². The summed E-state index contributed by atoms with van der Waals surface area (Å²) in [6.07, 6.45) is 1.73. The van der Waals surface area contributed by atoms with Crippen molar-refractivity contribution >= 4 is 28.3 Å². The number of hydrogen-bond donors (Lipinski definition) is 1. The molecule has 0 radical (unpaired) electrons. The Hall–Kier alpha value is -3.28. The summed E-state index contributed by atoms with van der Waals surface area (Å²) >= 11 is 0. The van der Waals surface area contributed by atoms with E-state index >= 15 is 0 Å². The molecule has 6 nitrogen and oxygen atoms in total. The summed E-state index contributed by atoms with van der Waals surface area (Å²) in [5.41, 5.74) is 2.11. The van der Waals surface area contributed by atoms with Gasteiger partial charge in [0.25, 0.3) is 0 Å². The lowest BCUT2D eigenvalue weighted by molar-refractivity contribution is -0.116. The minimum atomic E-state index is -0.185. The summed E-state index contributed by atoms with van der Waals surface area (Å²) in [6, 6.07) is 12.8. The van der Waals surface area contributed by atoms with Crippen LogP contribution in [0.5, 0.6) is 11.5 Å². The van der Waals surface area contributed by atoms with Crippen molar-refractivity contribution in [3.63, 3.8) is 0 Å². The van der Waals surface area contributed by atoms with Gasteiger partial charge in [-0.3, -0.25) is 9.59 Å². The van der Waals surface area contributed by atoms with Crippen LogP contribution in [0, 0.1) is 0 Å². The smallest absolute Gasteiger partial charge is 0.244 e. The second-order valence-corrected chi connectivity index (χ2v) is 5.86. The predicted octanol–water partition coefficient (Wildman–Crippen LogP) is 3.21. The molecule has 0 saturated carbocycles. The lowest BCUT2D eigenvalue weighted by atomic mass is 10.1. The van der Waals surface area contributed by atoms with Gasteiger partial charge in [-0.1, -0.05) is 18.2 Å². The topological polar surface area (TPSA) is 69.6 Å². The highest BCUT2D eigenvalue weighted by molar-refractivity contribution is 6.07. The number of aromatic nitrogens is 1. The predicted molar refractivity (Wildman–Crippen MR) is 93.1 cm³/mol. The Kier molecular flexibility index (Phi) is 3.65. The van der Waals surface area contributed by atoms with E-state index in [0.717, 1.165) is 10.9 Å². The molecule has 1 amide bonds. The standard InChI is InChI=1S/C19H16N2O4/c1-12(22)15-9-21(16-5-3-2-4-14(15)16)10-19(23)20-13-6-7-17-18(8-13)25-11-24-17/h2-9H,10-11H2,1H3,(H,20,23). The third-order valence-corrected chi connectivity index (χ3v) is 4.14. The van der Waals surface area contributed by atoms with Crippen molar-refractivity contribution in [3.05, 3.63) is 54.2 Å². The highest BCUT2D eigenvalue weighted by Gasteiger charge is 2.16. The number of anilines is 1. The summed E-state index contributed by atoms with van der Waals surface area (Å²) in [5, 5.41) is 3.70. The average molecular weight is 336 g/mol. The van der Waals surface area contributed by atoms with Gasteiger partial charge in [-0.15, -0.1) is 0 Å². The van der Waals surface area contributed by atoms with Crippen molar-refractivity contribution in [2.45, 2.75) is 13.5 Å². The molecule has 0 spiro atoms. The molecule has 0 unspecified atom stereocenters. The van der Waals surface area contributed by atoms with Gasteiger partial charge >= 0.3 is 0 Å². The monoisotopic (exact) mass is 336 g/mol. The molecule has 4 rings (SSSR count). The van der Waals surface area contributed by atoms with Crippen LogP contribution in [0.4, 0.5) is 5.69 Å². The van der Waals surface area contributed by atoms with Gasteiger partial charge in [-0.25, -0.2) is 0 Å². The minimum Gasteiger partial charge on any atom is -0.454 e. The number of fused-ring (bicyclic) bond motifs is 2. The van der Waals surface area contributed by atoms with Crippen LogP contribution in [0.25, 0.3) is 10.9 Å². The van der Waals surface area contributed by atoms with Crippen LogP contribution in [-0.4, -0.2) is 23.1 Å². The lowest BCUT2D eigenvalue weighted by Gasteiger charge is -2.08. The first-order valence-electron chi connectivity index (χ1n) is 7.90. The summed E-state index contributed by atoms with van der Waals surface area (Å²) < 4.78 is 12.4. The third-order valence-electron chi connectivity index (χ3n) is 4.14. The molecular formula is C19H16N2O4. The Labute approximate surface area is 144 Å². The van der Waals surface area contributed by atoms with Gasteiger partial charge in [0.2, 0.25) is 12.7 Å². The third kappa shape index (κ3) is 2.82. The van der Waals surface area contributed by atoms with Crippen LogP contribution in [0.15, 0.2) is 48.7 Å². The number of nitrogens with one attached hydrogen (secondary N) is 1. The molecule has 6 heteroatoms. The molecule has 0 atom stereocenters. The molecule has 0 fully saturated rings. The second-order valence-electron chi connectivity index (χ2n) is 5.86. The van der Waals surface area contributed by atoms with E-state index < -0.39 is 0 Å². The van der Waals surface area contributed by atoms with E-state index in [1.807, 2.05) is 24.3 Å². The number of rotatable bonds is 4. The van der Waals surface area contributed by atoms with Gasteiger partial charge in [0.15, 0.2) is 17.3 Å². The molecule has 1 N–H and O–H groups in total. The van der Waals surface area contributed by atoms with Crippen molar-refractivity contribution < 1.29 is 19.1 Å². The fraction of sp³-hybridized carbons (Fsp3) is 0.158. The number of carbonyl (C=O) groups excluding carboxylic acids is 2. The van der Waals surface area contributed by atoms with Gasteiger partial charge < -0.3 is 19.4 Å². The first-order valence-corrected chi connectivity index (χ1v) is 7.90. The Morgan fingerprint density at radius 1 is 1.12 bits per heavy atom. The van der Waals surface area contributed by atoms with E-state index in [9.17, 15) is 9.59 Å². The Balaban J connectivity index is 1.57. The number of ether oxygens (including phenoxy) is 2. The molecule has 25 heavy (non-hydrogen) atoms. The SMILES string of the molecule is CC(=O)c1cn(CC(=O)Nc2ccc3c(c2)OCO3)c2ccccc12. The van der Waals surface area contributed by atoms with Crippen molar-refractivity contribution in [3.8, 4) is 11.5 Å². The fourth-order valence-corrected chi connectivity index (χ4v) is 2.99. The molecule has 3 aromatic rings. The maximum absolute atomic E-state index is 12.4. The zero-order valence-corrected chi connectivity index (χ0v) is 13.6. The van der Waals surface area contributed by atoms with Crippen LogP contribution in [-0.2, 0) is 11.3 Å². The van der Waals surface area contributed by atoms with E-state index in [-0.39, 0.29) is 25.0 Å². The molecule has 126 valence electrons. The minimum absolute atomic E-state index is 0.0221. The highest BCUT2D eigenvalue weighted by Crippen LogP contribution is 2.34. The molecule has 1 aliphatic heterocycles. The van der Waals surface area contributed by atoms with E-state index in [2.05, 4.69) is 5.32 Å². The van der Waals surface area contributed by atoms with Crippen molar-refractivity contribution in [2.24, 2.45) is 0 Å². The number of Topliss-reactive ketones (excluding diaryl/α,β-unsaturated/α-hetero) is 1. The van der Waals surface area contributed by atoms with Crippen LogP contribution < -0.4 is 14.8 Å². The normalized spacial score (nSPS) is 12.4. The van der Waals surface area contributed by atoms with Crippen LogP contribution in [0.2, 0.25) is 0 Å². The Morgan fingerprint density at radius 2 is 1.92 bits per heavy atom. The second kappa shape index (κ2) is 5.98. The van der Waals surface area contributed by atoms with Crippen LogP contribution >= 0.6 is 0 Å². The molecule has 1 aromatic heterocycles. The highest BCUT2D eigenvalue weighted by atomic mass is 16.7. The number of amides is 1. The summed E-state index contributed by atoms with van der Waals surface area (Å²) in [4.78, 5) is 24.2. The van der Waals surface area contributed by atoms with E-state index in [4.69, 9.17) is 9.47 Å². The zero-order chi connectivity index (χ0) is 17.4. The molecule has 2 heterocycles. The van der Waals surface area contributed by atoms with Crippen molar-refractivity contribution in [1.82, 2.24) is 4.57 Å². The van der Waals surface area contributed by atoms with Gasteiger partial charge in [0.1, 0.15) is 6.54 Å². The van der Waals surface area contributed by atoms with E-state index in [1.165, 1.54) is 6.92 Å². The first kappa shape index (κ1) is 15.3. The van der Waals surface area contributed by atoms with Crippen molar-refractivity contribution in [2.75, 3.05) is 12.1 Å². The van der Waals surface area contributed by atoms with Gasteiger partial charge in [0.05, 0.1) is 0 Å². The average Bonchev–Trinajstić information content (AvgIpc) is 3.19. The van der Waals surface area contributed by atoms with Gasteiger partial charge in [-0.05, 0) is 25.1 Å². The molecule has 1 aliphatic rings. The number of hydrogen-bond acceptors (Lipinski definition) is 4. The number of para-hydroxylation sites is 1. The Morgan fingerprint density at radius 3 is 2.76 bits per heavy atom. The molecule has 0 bridgehead atoms. The first-order chi connectivity index (χ1) is 12.1. The van der Waals surface area contributed by atoms with Crippen LogP contribution in [0.3, 0.4) is 0 Å². The van der Waals surface area contributed by atoms with Crippen molar-refractivity contribution in [1.29, 1.82) is 0 Å². The number of ketones is 1. The molecular weight excluding hydrogens is 320 g/mol. The summed E-state index contributed by atoms with van der Waals surface area (Å²) in [7, 11) is 0. The summed E-state index contributed by atoms with van der Waals surface area (Å²) in [5.74, 6) is 1.07. The van der Waals surface area contributed by atoms with Gasteiger partial charge in [0, 0.05) is 34.4 Å². The molecule has 2 aromatic carbocycles. The quantitative estimate of drug-likeness (QED) is 0.743.